The van der Waals surface area contributed by atoms with Crippen molar-refractivity contribution < 1.29 is 0 Å². The van der Waals surface area contributed by atoms with E-state index in [0.29, 0.717) is 0 Å². The van der Waals surface area contributed by atoms with E-state index in [2.05, 4.69) is 43.1 Å². The molecule has 0 saturated carbocycles. The molecule has 1 heteroatoms. The number of pyridine rings is 1. The van der Waals surface area contributed by atoms with Crippen LogP contribution in [0.3, 0.4) is 0 Å². The number of aromatic nitrogens is 1. The summed E-state index contributed by atoms with van der Waals surface area (Å²) < 4.78 is 0. The lowest BCUT2D eigenvalue weighted by atomic mass is 10.00. The molecule has 0 amide bonds. The molecule has 0 bridgehead atoms. The monoisotopic (exact) mass is 197 g/mol. The Morgan fingerprint density at radius 1 is 1.13 bits per heavy atom. The summed E-state index contributed by atoms with van der Waals surface area (Å²) in [6, 6.07) is 10.7. The number of aryl methyl sites for hydroxylation is 2. The van der Waals surface area contributed by atoms with Gasteiger partial charge in [-0.1, -0.05) is 31.2 Å². The number of hydrogen-bond donors (Lipinski definition) is 0. The lowest BCUT2D eigenvalue weighted by Crippen LogP contribution is -1.87. The third-order valence-electron chi connectivity index (χ3n) is 2.72. The highest BCUT2D eigenvalue weighted by Gasteiger charge is 2.00. The van der Waals surface area contributed by atoms with Crippen molar-refractivity contribution in [3.8, 4) is 11.1 Å². The molecule has 0 fully saturated rings. The number of nitrogens with zero attached hydrogens (tertiary/aromatic N) is 1. The lowest BCUT2D eigenvalue weighted by Gasteiger charge is -2.06. The maximum absolute atomic E-state index is 4.13. The van der Waals surface area contributed by atoms with Crippen LogP contribution in [0.4, 0.5) is 0 Å². The highest BCUT2D eigenvalue weighted by molar-refractivity contribution is 5.63. The van der Waals surface area contributed by atoms with Crippen molar-refractivity contribution in [3.05, 3.63) is 53.9 Å². The van der Waals surface area contributed by atoms with Gasteiger partial charge >= 0.3 is 0 Å². The van der Waals surface area contributed by atoms with E-state index in [0.717, 1.165) is 6.42 Å². The summed E-state index contributed by atoms with van der Waals surface area (Å²) in [6.07, 6.45) is 4.80. The van der Waals surface area contributed by atoms with Gasteiger partial charge in [0.05, 0.1) is 0 Å². The molecule has 0 aliphatic rings. The van der Waals surface area contributed by atoms with E-state index in [-0.39, 0.29) is 0 Å². The first kappa shape index (κ1) is 9.91. The summed E-state index contributed by atoms with van der Waals surface area (Å²) in [7, 11) is 0. The van der Waals surface area contributed by atoms with Crippen LogP contribution in [-0.4, -0.2) is 4.98 Å². The van der Waals surface area contributed by atoms with E-state index >= 15 is 0 Å². The van der Waals surface area contributed by atoms with Crippen molar-refractivity contribution >= 4 is 0 Å². The fourth-order valence-corrected chi connectivity index (χ4v) is 1.81. The van der Waals surface area contributed by atoms with Crippen LogP contribution in [0.25, 0.3) is 11.1 Å². The zero-order valence-electron chi connectivity index (χ0n) is 9.20. The molecule has 1 aromatic heterocycles. The molecule has 1 nitrogen and oxygen atoms in total. The van der Waals surface area contributed by atoms with Crippen LogP contribution in [0.15, 0.2) is 42.7 Å². The minimum absolute atomic E-state index is 1.10. The summed E-state index contributed by atoms with van der Waals surface area (Å²) in [6.45, 7) is 4.35. The molecule has 0 spiro atoms. The van der Waals surface area contributed by atoms with Crippen LogP contribution in [-0.2, 0) is 6.42 Å². The minimum atomic E-state index is 1.10. The van der Waals surface area contributed by atoms with E-state index in [1.165, 1.54) is 22.3 Å². The van der Waals surface area contributed by atoms with E-state index in [9.17, 15) is 0 Å². The first-order chi connectivity index (χ1) is 7.31. The average molecular weight is 197 g/mol. The highest BCUT2D eigenvalue weighted by Crippen LogP contribution is 2.21. The number of rotatable bonds is 2. The van der Waals surface area contributed by atoms with Gasteiger partial charge in [0.2, 0.25) is 0 Å². The molecule has 0 unspecified atom stereocenters. The summed E-state index contributed by atoms with van der Waals surface area (Å²) in [5, 5.41) is 0. The third kappa shape index (κ3) is 2.07. The van der Waals surface area contributed by atoms with Crippen molar-refractivity contribution in [2.24, 2.45) is 0 Å². The first-order valence-electron chi connectivity index (χ1n) is 5.31. The van der Waals surface area contributed by atoms with E-state index in [1.54, 1.807) is 6.20 Å². The van der Waals surface area contributed by atoms with Crippen LogP contribution in [0.2, 0.25) is 0 Å². The predicted octanol–water partition coefficient (Wildman–Crippen LogP) is 3.62. The van der Waals surface area contributed by atoms with Gasteiger partial charge in [0, 0.05) is 12.4 Å². The Balaban J connectivity index is 2.43. The topological polar surface area (TPSA) is 12.9 Å². The summed E-state index contributed by atoms with van der Waals surface area (Å²) in [5.74, 6) is 0. The summed E-state index contributed by atoms with van der Waals surface area (Å²) in [4.78, 5) is 4.13. The zero-order valence-corrected chi connectivity index (χ0v) is 9.20. The molecule has 2 rings (SSSR count). The number of hydrogen-bond acceptors (Lipinski definition) is 1. The van der Waals surface area contributed by atoms with Gasteiger partial charge in [0.15, 0.2) is 0 Å². The standard InChI is InChI=1S/C14H15N/c1-3-12-6-7-13(9-11(12)2)14-5-4-8-15-10-14/h4-10H,3H2,1-2H3. The Bertz CT molecular complexity index is 446. The highest BCUT2D eigenvalue weighted by atomic mass is 14.6. The molecule has 1 aromatic carbocycles. The SMILES string of the molecule is CCc1ccc(-c2cccnc2)cc1C. The van der Waals surface area contributed by atoms with Crippen molar-refractivity contribution in [2.45, 2.75) is 20.3 Å². The largest absolute Gasteiger partial charge is 0.264 e. The molecule has 0 radical (unpaired) electrons. The van der Waals surface area contributed by atoms with Gasteiger partial charge in [-0.3, -0.25) is 4.98 Å². The quantitative estimate of drug-likeness (QED) is 0.716. The second-order valence-electron chi connectivity index (χ2n) is 3.74. The van der Waals surface area contributed by atoms with Gasteiger partial charge in [0.25, 0.3) is 0 Å². The third-order valence-corrected chi connectivity index (χ3v) is 2.72. The average Bonchev–Trinajstić information content (AvgIpc) is 2.30. The van der Waals surface area contributed by atoms with E-state index in [4.69, 9.17) is 0 Å². The van der Waals surface area contributed by atoms with E-state index < -0.39 is 0 Å². The van der Waals surface area contributed by atoms with Crippen LogP contribution >= 0.6 is 0 Å². The van der Waals surface area contributed by atoms with Gasteiger partial charge in [-0.15, -0.1) is 0 Å². The van der Waals surface area contributed by atoms with Gasteiger partial charge in [-0.2, -0.15) is 0 Å². The van der Waals surface area contributed by atoms with Crippen LogP contribution in [0.5, 0.6) is 0 Å². The molecule has 0 atom stereocenters. The Labute approximate surface area is 90.8 Å². The fourth-order valence-electron chi connectivity index (χ4n) is 1.81. The molecule has 0 aliphatic carbocycles. The maximum atomic E-state index is 4.13. The second-order valence-corrected chi connectivity index (χ2v) is 3.74. The van der Waals surface area contributed by atoms with Gasteiger partial charge in [-0.25, -0.2) is 0 Å². The molecule has 0 N–H and O–H groups in total. The summed E-state index contributed by atoms with van der Waals surface area (Å²) in [5.41, 5.74) is 5.21. The van der Waals surface area contributed by atoms with Crippen molar-refractivity contribution in [1.82, 2.24) is 4.98 Å². The Morgan fingerprint density at radius 2 is 2.00 bits per heavy atom. The van der Waals surface area contributed by atoms with Crippen LogP contribution in [0, 0.1) is 6.92 Å². The number of benzene rings is 1. The van der Waals surface area contributed by atoms with Crippen LogP contribution in [0.1, 0.15) is 18.1 Å². The minimum Gasteiger partial charge on any atom is -0.264 e. The smallest absolute Gasteiger partial charge is 0.0346 e. The van der Waals surface area contributed by atoms with Gasteiger partial charge in [0.1, 0.15) is 0 Å². The van der Waals surface area contributed by atoms with Gasteiger partial charge < -0.3 is 0 Å². The Kier molecular flexibility index (Phi) is 2.82. The molecule has 0 aliphatic heterocycles. The van der Waals surface area contributed by atoms with E-state index in [1.807, 2.05) is 12.3 Å². The Morgan fingerprint density at radius 3 is 2.60 bits per heavy atom. The molecular weight excluding hydrogens is 182 g/mol. The van der Waals surface area contributed by atoms with Crippen molar-refractivity contribution in [2.75, 3.05) is 0 Å². The zero-order chi connectivity index (χ0) is 10.7. The second kappa shape index (κ2) is 4.26. The first-order valence-corrected chi connectivity index (χ1v) is 5.31. The lowest BCUT2D eigenvalue weighted by molar-refractivity contribution is 1.11. The molecule has 2 aromatic rings. The summed E-state index contributed by atoms with van der Waals surface area (Å²) >= 11 is 0. The maximum Gasteiger partial charge on any atom is 0.0346 e. The normalized spacial score (nSPS) is 10.3. The molecule has 0 saturated heterocycles. The van der Waals surface area contributed by atoms with Crippen LogP contribution < -0.4 is 0 Å². The van der Waals surface area contributed by atoms with Crippen molar-refractivity contribution in [1.29, 1.82) is 0 Å². The molecule has 76 valence electrons. The Hall–Kier alpha value is -1.63. The van der Waals surface area contributed by atoms with Crippen molar-refractivity contribution in [3.63, 3.8) is 0 Å². The predicted molar refractivity (Wildman–Crippen MR) is 63.8 cm³/mol. The molecular formula is C14H15N. The van der Waals surface area contributed by atoms with Gasteiger partial charge in [-0.05, 0) is 41.7 Å². The fraction of sp³-hybridized carbons (Fsp3) is 0.214. The molecule has 1 heterocycles. The molecule has 15 heavy (non-hydrogen) atoms.